The predicted octanol–water partition coefficient (Wildman–Crippen LogP) is 6.23. The second kappa shape index (κ2) is 14.6. The second-order valence-corrected chi connectivity index (χ2v) is 13.3. The van der Waals surface area contributed by atoms with Crippen LogP contribution >= 0.6 is 11.6 Å². The van der Waals surface area contributed by atoms with Crippen LogP contribution in [0.3, 0.4) is 0 Å². The van der Waals surface area contributed by atoms with Gasteiger partial charge in [0.15, 0.2) is 0 Å². The highest BCUT2D eigenvalue weighted by Crippen LogP contribution is 2.27. The average molecular weight is 630 g/mol. The van der Waals surface area contributed by atoms with Crippen LogP contribution in [0.5, 0.6) is 0 Å². The Bertz CT molecular complexity index is 1650. The zero-order valence-electron chi connectivity index (χ0n) is 24.4. The standard InChI is InChI=1S/C35H36ClN3O4S/c36-29-17-12-20-31(24-29)39(44(42,43)32-21-8-3-9-22-32)26-34(40)38(25-28-15-6-2-7-16-28)33(23-27-13-4-1-5-14-27)35(41)37-30-18-10-11-19-30/h1-9,12-17,20-22,24,30,33H,10-11,18-19,23,25-26H2,(H,37,41)/t33-/m1/s1. The molecule has 0 aliphatic heterocycles. The molecule has 2 amide bonds. The normalized spacial score (nSPS) is 14.1. The fraction of sp³-hybridized carbons (Fsp3) is 0.257. The summed E-state index contributed by atoms with van der Waals surface area (Å²) in [4.78, 5) is 30.0. The average Bonchev–Trinajstić information content (AvgIpc) is 3.56. The fourth-order valence-corrected chi connectivity index (χ4v) is 7.19. The minimum absolute atomic E-state index is 0.0437. The number of halogens is 1. The first kappa shape index (κ1) is 31.3. The van der Waals surface area contributed by atoms with E-state index in [1.165, 1.54) is 23.1 Å². The van der Waals surface area contributed by atoms with E-state index in [9.17, 15) is 18.0 Å². The molecule has 0 spiro atoms. The third-order valence-corrected chi connectivity index (χ3v) is 9.90. The van der Waals surface area contributed by atoms with E-state index < -0.39 is 28.5 Å². The van der Waals surface area contributed by atoms with Crippen molar-refractivity contribution in [1.82, 2.24) is 10.2 Å². The zero-order chi connectivity index (χ0) is 30.9. The number of amides is 2. The van der Waals surface area contributed by atoms with Gasteiger partial charge >= 0.3 is 0 Å². The van der Waals surface area contributed by atoms with Crippen molar-refractivity contribution in [2.24, 2.45) is 0 Å². The minimum atomic E-state index is -4.17. The monoisotopic (exact) mass is 629 g/mol. The lowest BCUT2D eigenvalue weighted by atomic mass is 10.0. The number of rotatable bonds is 12. The Hall–Kier alpha value is -4.14. The van der Waals surface area contributed by atoms with E-state index in [2.05, 4.69) is 5.32 Å². The van der Waals surface area contributed by atoms with Gasteiger partial charge in [0.25, 0.3) is 10.0 Å². The minimum Gasteiger partial charge on any atom is -0.352 e. The Kier molecular flexibility index (Phi) is 10.4. The van der Waals surface area contributed by atoms with Crippen LogP contribution in [-0.2, 0) is 32.6 Å². The highest BCUT2D eigenvalue weighted by atomic mass is 35.5. The maximum atomic E-state index is 14.5. The molecule has 1 N–H and O–H groups in total. The molecule has 5 rings (SSSR count). The van der Waals surface area contributed by atoms with Gasteiger partial charge in [0.2, 0.25) is 11.8 Å². The van der Waals surface area contributed by atoms with E-state index in [0.29, 0.717) is 5.02 Å². The molecule has 1 saturated carbocycles. The van der Waals surface area contributed by atoms with Gasteiger partial charge in [0, 0.05) is 24.0 Å². The molecule has 0 radical (unpaired) electrons. The lowest BCUT2D eigenvalue weighted by Crippen LogP contribution is -2.54. The summed E-state index contributed by atoms with van der Waals surface area (Å²) in [6, 6.07) is 32.6. The summed E-state index contributed by atoms with van der Waals surface area (Å²) in [5.41, 5.74) is 1.98. The van der Waals surface area contributed by atoms with Crippen LogP contribution in [0.4, 0.5) is 5.69 Å². The Balaban J connectivity index is 1.55. The van der Waals surface area contributed by atoms with Crippen molar-refractivity contribution in [1.29, 1.82) is 0 Å². The summed E-state index contributed by atoms with van der Waals surface area (Å²) in [5, 5.41) is 3.52. The molecule has 0 unspecified atom stereocenters. The molecular formula is C35H36ClN3O4S. The lowest BCUT2D eigenvalue weighted by Gasteiger charge is -2.34. The Morgan fingerprint density at radius 3 is 2.00 bits per heavy atom. The molecule has 1 fully saturated rings. The van der Waals surface area contributed by atoms with Gasteiger partial charge in [-0.05, 0) is 54.3 Å². The predicted molar refractivity (Wildman–Crippen MR) is 174 cm³/mol. The van der Waals surface area contributed by atoms with Crippen molar-refractivity contribution in [3.05, 3.63) is 131 Å². The van der Waals surface area contributed by atoms with Crippen LogP contribution in [0, 0.1) is 0 Å². The molecule has 228 valence electrons. The van der Waals surface area contributed by atoms with Crippen molar-refractivity contribution >= 4 is 39.1 Å². The third kappa shape index (κ3) is 7.87. The molecule has 1 aliphatic rings. The van der Waals surface area contributed by atoms with Gasteiger partial charge in [0.05, 0.1) is 10.6 Å². The SMILES string of the molecule is O=C(NC1CCCC1)[C@@H](Cc1ccccc1)N(Cc1ccccc1)C(=O)CN(c1cccc(Cl)c1)S(=O)(=O)c1ccccc1. The summed E-state index contributed by atoms with van der Waals surface area (Å²) >= 11 is 6.28. The molecule has 7 nitrogen and oxygen atoms in total. The molecule has 9 heteroatoms. The largest absolute Gasteiger partial charge is 0.352 e. The Morgan fingerprint density at radius 1 is 0.795 bits per heavy atom. The number of nitrogens with one attached hydrogen (secondary N) is 1. The number of benzene rings is 4. The van der Waals surface area contributed by atoms with Gasteiger partial charge in [-0.15, -0.1) is 0 Å². The van der Waals surface area contributed by atoms with Crippen molar-refractivity contribution in [3.8, 4) is 0 Å². The maximum Gasteiger partial charge on any atom is 0.264 e. The molecule has 0 aromatic heterocycles. The molecule has 0 heterocycles. The number of carbonyl (C=O) groups is 2. The number of hydrogen-bond acceptors (Lipinski definition) is 4. The highest BCUT2D eigenvalue weighted by Gasteiger charge is 2.35. The summed E-state index contributed by atoms with van der Waals surface area (Å²) in [7, 11) is -4.17. The van der Waals surface area contributed by atoms with E-state index in [4.69, 9.17) is 11.6 Å². The number of anilines is 1. The van der Waals surface area contributed by atoms with E-state index in [0.717, 1.165) is 41.1 Å². The quantitative estimate of drug-likeness (QED) is 0.201. The number of carbonyl (C=O) groups excluding carboxylic acids is 2. The van der Waals surface area contributed by atoms with Crippen molar-refractivity contribution in [2.45, 2.75) is 55.6 Å². The van der Waals surface area contributed by atoms with Crippen LogP contribution in [0.2, 0.25) is 5.02 Å². The van der Waals surface area contributed by atoms with E-state index in [1.54, 1.807) is 36.4 Å². The van der Waals surface area contributed by atoms with Gasteiger partial charge in [-0.25, -0.2) is 8.42 Å². The van der Waals surface area contributed by atoms with Crippen LogP contribution in [0.25, 0.3) is 0 Å². The van der Waals surface area contributed by atoms with Gasteiger partial charge in [-0.1, -0.05) is 109 Å². The fourth-order valence-electron chi connectivity index (χ4n) is 5.58. The molecule has 4 aromatic carbocycles. The maximum absolute atomic E-state index is 14.5. The van der Waals surface area contributed by atoms with Gasteiger partial charge < -0.3 is 10.2 Å². The third-order valence-electron chi connectivity index (χ3n) is 7.87. The summed E-state index contributed by atoms with van der Waals surface area (Å²) in [5.74, 6) is -0.749. The first-order chi connectivity index (χ1) is 21.3. The van der Waals surface area contributed by atoms with Crippen molar-refractivity contribution < 1.29 is 18.0 Å². The van der Waals surface area contributed by atoms with Crippen LogP contribution in [-0.4, -0.2) is 43.8 Å². The van der Waals surface area contributed by atoms with Crippen LogP contribution < -0.4 is 9.62 Å². The van der Waals surface area contributed by atoms with E-state index in [-0.39, 0.29) is 35.5 Å². The Morgan fingerprint density at radius 2 is 1.39 bits per heavy atom. The smallest absolute Gasteiger partial charge is 0.264 e. The number of hydrogen-bond donors (Lipinski definition) is 1. The topological polar surface area (TPSA) is 86.8 Å². The molecule has 0 bridgehead atoms. The van der Waals surface area contributed by atoms with Gasteiger partial charge in [-0.2, -0.15) is 0 Å². The summed E-state index contributed by atoms with van der Waals surface area (Å²) < 4.78 is 29.1. The zero-order valence-corrected chi connectivity index (χ0v) is 26.0. The molecule has 4 aromatic rings. The molecule has 44 heavy (non-hydrogen) atoms. The second-order valence-electron chi connectivity index (χ2n) is 11.0. The lowest BCUT2D eigenvalue weighted by molar-refractivity contribution is -0.140. The number of sulfonamides is 1. The van der Waals surface area contributed by atoms with Crippen molar-refractivity contribution in [2.75, 3.05) is 10.8 Å². The Labute approximate surface area is 264 Å². The van der Waals surface area contributed by atoms with Crippen molar-refractivity contribution in [3.63, 3.8) is 0 Å². The summed E-state index contributed by atoms with van der Waals surface area (Å²) in [6.07, 6.45) is 4.17. The first-order valence-electron chi connectivity index (χ1n) is 14.8. The molecule has 1 aliphatic carbocycles. The highest BCUT2D eigenvalue weighted by molar-refractivity contribution is 7.92. The van der Waals surface area contributed by atoms with E-state index >= 15 is 0 Å². The number of nitrogens with zero attached hydrogens (tertiary/aromatic N) is 2. The van der Waals surface area contributed by atoms with Crippen LogP contribution in [0.1, 0.15) is 36.8 Å². The van der Waals surface area contributed by atoms with Gasteiger partial charge in [0.1, 0.15) is 12.6 Å². The first-order valence-corrected chi connectivity index (χ1v) is 16.6. The summed E-state index contributed by atoms with van der Waals surface area (Å²) in [6.45, 7) is -0.392. The molecular weight excluding hydrogens is 594 g/mol. The van der Waals surface area contributed by atoms with Gasteiger partial charge in [-0.3, -0.25) is 13.9 Å². The molecule has 1 atom stereocenters. The van der Waals surface area contributed by atoms with E-state index in [1.807, 2.05) is 60.7 Å². The molecule has 0 saturated heterocycles. The van der Waals surface area contributed by atoms with Crippen LogP contribution in [0.15, 0.2) is 120 Å².